The van der Waals surface area contributed by atoms with Crippen LogP contribution in [0.3, 0.4) is 0 Å². The Morgan fingerprint density at radius 3 is 2.59 bits per heavy atom. The highest BCUT2D eigenvalue weighted by Gasteiger charge is 2.25. The molecule has 0 N–H and O–H groups in total. The number of carbonyl (C=O) groups excluding carboxylic acids is 2. The third-order valence-electron chi connectivity index (χ3n) is 5.10. The van der Waals surface area contributed by atoms with Crippen molar-refractivity contribution in [1.29, 1.82) is 0 Å². The first-order valence-electron chi connectivity index (χ1n) is 9.66. The number of fused-ring (bicyclic) bond motifs is 4. The zero-order valence-corrected chi connectivity index (χ0v) is 17.6. The second kappa shape index (κ2) is 7.15. The molecule has 0 bridgehead atoms. The van der Waals surface area contributed by atoms with Gasteiger partial charge in [0.05, 0.1) is 5.39 Å². The lowest BCUT2D eigenvalue weighted by atomic mass is 10.1. The predicted molar refractivity (Wildman–Crippen MR) is 113 cm³/mol. The van der Waals surface area contributed by atoms with E-state index in [0.29, 0.717) is 51.1 Å². The topological polar surface area (TPSA) is 78.0 Å². The maximum Gasteiger partial charge on any atom is 0.310 e. The molecule has 150 valence electrons. The van der Waals surface area contributed by atoms with Gasteiger partial charge in [-0.05, 0) is 25.0 Å². The minimum Gasteiger partial charge on any atom is -0.453 e. The SMILES string of the molecule is CCC(=O)Oc1cc2oc3c(C(=O)CC)n4c(C)csc4c3c(=O)c2cc1CC. The molecule has 4 rings (SSSR count). The normalized spacial score (nSPS) is 11.6. The average Bonchev–Trinajstić information content (AvgIpc) is 3.24. The van der Waals surface area contributed by atoms with E-state index in [-0.39, 0.29) is 23.6 Å². The number of hydrogen-bond donors (Lipinski definition) is 0. The first-order valence-corrected chi connectivity index (χ1v) is 10.5. The maximum atomic E-state index is 13.4. The summed E-state index contributed by atoms with van der Waals surface area (Å²) in [5, 5.41) is 2.77. The molecular formula is C22H21NO5S. The third kappa shape index (κ3) is 2.88. The molecule has 0 aliphatic rings. The molecule has 0 radical (unpaired) electrons. The summed E-state index contributed by atoms with van der Waals surface area (Å²) in [6, 6.07) is 3.31. The Hall–Kier alpha value is -2.93. The van der Waals surface area contributed by atoms with E-state index in [1.54, 1.807) is 26.0 Å². The lowest BCUT2D eigenvalue weighted by Crippen LogP contribution is -2.09. The Balaban J connectivity index is 2.14. The highest BCUT2D eigenvalue weighted by atomic mass is 32.1. The summed E-state index contributed by atoms with van der Waals surface area (Å²) in [7, 11) is 0. The van der Waals surface area contributed by atoms with Crippen molar-refractivity contribution in [2.24, 2.45) is 0 Å². The Morgan fingerprint density at radius 2 is 1.93 bits per heavy atom. The minimum atomic E-state index is -0.357. The molecular weight excluding hydrogens is 390 g/mol. The van der Waals surface area contributed by atoms with Gasteiger partial charge in [0.25, 0.3) is 0 Å². The van der Waals surface area contributed by atoms with Crippen LogP contribution in [0, 0.1) is 6.92 Å². The van der Waals surface area contributed by atoms with Crippen molar-refractivity contribution in [3.05, 3.63) is 44.7 Å². The smallest absolute Gasteiger partial charge is 0.310 e. The van der Waals surface area contributed by atoms with E-state index in [0.717, 1.165) is 11.3 Å². The molecule has 7 heteroatoms. The minimum absolute atomic E-state index is 0.0955. The van der Waals surface area contributed by atoms with Crippen molar-refractivity contribution < 1.29 is 18.7 Å². The van der Waals surface area contributed by atoms with Crippen LogP contribution in [-0.2, 0) is 11.2 Å². The van der Waals surface area contributed by atoms with Crippen LogP contribution in [0.15, 0.2) is 26.7 Å². The number of thiazole rings is 1. The highest BCUT2D eigenvalue weighted by molar-refractivity contribution is 7.16. The third-order valence-corrected chi connectivity index (χ3v) is 6.17. The van der Waals surface area contributed by atoms with E-state index in [4.69, 9.17) is 9.15 Å². The Kier molecular flexibility index (Phi) is 4.78. The van der Waals surface area contributed by atoms with Gasteiger partial charge < -0.3 is 9.15 Å². The van der Waals surface area contributed by atoms with Gasteiger partial charge in [-0.25, -0.2) is 0 Å². The monoisotopic (exact) mass is 411 g/mol. The molecule has 29 heavy (non-hydrogen) atoms. The van der Waals surface area contributed by atoms with Crippen LogP contribution in [0.5, 0.6) is 5.75 Å². The second-order valence-corrected chi connectivity index (χ2v) is 7.77. The lowest BCUT2D eigenvalue weighted by Gasteiger charge is -2.10. The molecule has 0 aliphatic heterocycles. The average molecular weight is 411 g/mol. The first-order chi connectivity index (χ1) is 13.9. The molecule has 0 spiro atoms. The zero-order chi connectivity index (χ0) is 20.9. The van der Waals surface area contributed by atoms with E-state index in [1.807, 2.05) is 23.6 Å². The Labute approximate surface area is 170 Å². The molecule has 0 amide bonds. The lowest BCUT2D eigenvalue weighted by molar-refractivity contribution is -0.134. The van der Waals surface area contributed by atoms with Gasteiger partial charge in [-0.2, -0.15) is 0 Å². The van der Waals surface area contributed by atoms with Gasteiger partial charge >= 0.3 is 5.97 Å². The number of Topliss-reactive ketones (excluding diaryl/α,β-unsaturated/α-hetero) is 1. The van der Waals surface area contributed by atoms with Crippen molar-refractivity contribution in [2.45, 2.75) is 47.0 Å². The molecule has 0 saturated heterocycles. The van der Waals surface area contributed by atoms with E-state index in [2.05, 4.69) is 0 Å². The molecule has 4 aromatic rings. The maximum absolute atomic E-state index is 13.4. The number of carbonyl (C=O) groups is 2. The summed E-state index contributed by atoms with van der Waals surface area (Å²) in [5.74, 6) is -0.0685. The summed E-state index contributed by atoms with van der Waals surface area (Å²) in [5.41, 5.74) is 2.44. The van der Waals surface area contributed by atoms with Crippen LogP contribution in [0.25, 0.3) is 26.8 Å². The summed E-state index contributed by atoms with van der Waals surface area (Å²) < 4.78 is 13.4. The van der Waals surface area contributed by atoms with E-state index in [9.17, 15) is 14.4 Å². The van der Waals surface area contributed by atoms with Crippen LogP contribution in [0.1, 0.15) is 55.4 Å². The van der Waals surface area contributed by atoms with Crippen LogP contribution in [0.4, 0.5) is 0 Å². The highest BCUT2D eigenvalue weighted by Crippen LogP contribution is 2.35. The number of nitrogens with zero attached hydrogens (tertiary/aromatic N) is 1. The largest absolute Gasteiger partial charge is 0.453 e. The number of esters is 1. The van der Waals surface area contributed by atoms with E-state index in [1.165, 1.54) is 11.3 Å². The molecule has 1 aromatic carbocycles. The molecule has 0 unspecified atom stereocenters. The van der Waals surface area contributed by atoms with E-state index >= 15 is 0 Å². The first kappa shape index (κ1) is 19.4. The van der Waals surface area contributed by atoms with Crippen LogP contribution in [-0.4, -0.2) is 16.2 Å². The van der Waals surface area contributed by atoms with Crippen molar-refractivity contribution in [1.82, 2.24) is 4.40 Å². The van der Waals surface area contributed by atoms with Crippen molar-refractivity contribution in [3.63, 3.8) is 0 Å². The fraction of sp³-hybridized carbons (Fsp3) is 0.318. The number of ether oxygens (including phenoxy) is 1. The quantitative estimate of drug-likeness (QED) is 0.261. The van der Waals surface area contributed by atoms with Crippen molar-refractivity contribution in [2.75, 3.05) is 0 Å². The second-order valence-electron chi connectivity index (χ2n) is 6.92. The molecule has 0 saturated carbocycles. The number of benzene rings is 1. The van der Waals surface area contributed by atoms with Crippen LogP contribution >= 0.6 is 11.3 Å². The fourth-order valence-electron chi connectivity index (χ4n) is 3.57. The van der Waals surface area contributed by atoms with Gasteiger partial charge in [0.15, 0.2) is 11.4 Å². The molecule has 3 aromatic heterocycles. The summed E-state index contributed by atoms with van der Waals surface area (Å²) in [6.45, 7) is 7.33. The molecule has 3 heterocycles. The molecule has 0 aliphatic carbocycles. The van der Waals surface area contributed by atoms with Gasteiger partial charge in [-0.3, -0.25) is 18.8 Å². The van der Waals surface area contributed by atoms with Crippen molar-refractivity contribution >= 4 is 49.9 Å². The van der Waals surface area contributed by atoms with Gasteiger partial charge in [0, 0.05) is 30.0 Å². The number of rotatable bonds is 5. The summed E-state index contributed by atoms with van der Waals surface area (Å²) in [6.07, 6.45) is 1.14. The summed E-state index contributed by atoms with van der Waals surface area (Å²) >= 11 is 1.42. The number of hydrogen-bond acceptors (Lipinski definition) is 6. The zero-order valence-electron chi connectivity index (χ0n) is 16.8. The van der Waals surface area contributed by atoms with Gasteiger partial charge in [-0.1, -0.05) is 20.8 Å². The molecule has 0 fully saturated rings. The molecule has 6 nitrogen and oxygen atoms in total. The Morgan fingerprint density at radius 1 is 1.17 bits per heavy atom. The van der Waals surface area contributed by atoms with Gasteiger partial charge in [-0.15, -0.1) is 11.3 Å². The number of aromatic nitrogens is 1. The standard InChI is InChI=1S/C22H21NO5S/c1-5-12-8-13-16(9-15(12)27-17(25)7-3)28-21-18(20(13)26)22-23(11(4)10-29-22)19(21)14(24)6-2/h8-10H,5-7H2,1-4H3. The summed E-state index contributed by atoms with van der Waals surface area (Å²) in [4.78, 5) is 38.6. The predicted octanol–water partition coefficient (Wildman–Crippen LogP) is 5.04. The number of aryl methyl sites for hydroxylation is 2. The fourth-order valence-corrected chi connectivity index (χ4v) is 4.60. The Bertz CT molecular complexity index is 1360. The number of ketones is 1. The van der Waals surface area contributed by atoms with Crippen LogP contribution in [0.2, 0.25) is 0 Å². The van der Waals surface area contributed by atoms with Crippen LogP contribution < -0.4 is 10.2 Å². The van der Waals surface area contributed by atoms with Crippen molar-refractivity contribution in [3.8, 4) is 5.75 Å². The molecule has 0 atom stereocenters. The van der Waals surface area contributed by atoms with E-state index < -0.39 is 0 Å². The van der Waals surface area contributed by atoms with Gasteiger partial charge in [0.1, 0.15) is 27.2 Å². The van der Waals surface area contributed by atoms with Gasteiger partial charge in [0.2, 0.25) is 5.43 Å².